The molecule has 14 heavy (non-hydrogen) atoms. The standard InChI is InChI=1S/C11H13F3/c1-6-5-7(2)9(4)10(8(6)3)11(12,13)14/h5H,1-4H3. The molecule has 0 bridgehead atoms. The molecule has 1 aromatic rings. The smallest absolute Gasteiger partial charge is 0.166 e. The minimum atomic E-state index is -4.25. The lowest BCUT2D eigenvalue weighted by Crippen LogP contribution is -2.12. The minimum absolute atomic E-state index is 0.334. The van der Waals surface area contributed by atoms with E-state index in [-0.39, 0.29) is 0 Å². The van der Waals surface area contributed by atoms with Crippen LogP contribution in [0.5, 0.6) is 0 Å². The van der Waals surface area contributed by atoms with Crippen LogP contribution in [0.1, 0.15) is 27.8 Å². The number of hydrogen-bond donors (Lipinski definition) is 0. The Bertz CT molecular complexity index is 336. The first-order chi connectivity index (χ1) is 6.25. The Balaban J connectivity index is 3.56. The highest BCUT2D eigenvalue weighted by Crippen LogP contribution is 2.36. The third-order valence-electron chi connectivity index (χ3n) is 2.65. The number of benzene rings is 1. The summed E-state index contributed by atoms with van der Waals surface area (Å²) in [7, 11) is 0. The minimum Gasteiger partial charge on any atom is -0.166 e. The van der Waals surface area contributed by atoms with Gasteiger partial charge in [-0.2, -0.15) is 13.2 Å². The van der Waals surface area contributed by atoms with Crippen molar-refractivity contribution in [2.24, 2.45) is 0 Å². The summed E-state index contributed by atoms with van der Waals surface area (Å²) >= 11 is 0. The lowest BCUT2D eigenvalue weighted by Gasteiger charge is -2.17. The molecule has 0 radical (unpaired) electrons. The normalized spacial score (nSPS) is 11.9. The molecule has 0 nitrogen and oxygen atoms in total. The summed E-state index contributed by atoms with van der Waals surface area (Å²) < 4.78 is 38.0. The van der Waals surface area contributed by atoms with Gasteiger partial charge in [-0.25, -0.2) is 0 Å². The van der Waals surface area contributed by atoms with Gasteiger partial charge in [0.25, 0.3) is 0 Å². The van der Waals surface area contributed by atoms with Gasteiger partial charge in [-0.15, -0.1) is 0 Å². The highest BCUT2D eigenvalue weighted by Gasteiger charge is 2.35. The van der Waals surface area contributed by atoms with Crippen molar-refractivity contribution in [3.63, 3.8) is 0 Å². The summed E-state index contributed by atoms with van der Waals surface area (Å²) in [5.74, 6) is 0. The molecule has 3 heteroatoms. The van der Waals surface area contributed by atoms with Crippen molar-refractivity contribution in [3.8, 4) is 0 Å². The van der Waals surface area contributed by atoms with E-state index in [1.54, 1.807) is 19.9 Å². The molecule has 0 heterocycles. The van der Waals surface area contributed by atoms with Gasteiger partial charge < -0.3 is 0 Å². The van der Waals surface area contributed by atoms with Gasteiger partial charge in [0.2, 0.25) is 0 Å². The van der Waals surface area contributed by atoms with E-state index in [0.29, 0.717) is 22.3 Å². The van der Waals surface area contributed by atoms with E-state index in [4.69, 9.17) is 0 Å². The van der Waals surface area contributed by atoms with Gasteiger partial charge in [0.15, 0.2) is 0 Å². The third kappa shape index (κ3) is 1.76. The summed E-state index contributed by atoms with van der Waals surface area (Å²) in [6.45, 7) is 6.45. The Labute approximate surface area is 81.8 Å². The van der Waals surface area contributed by atoms with Gasteiger partial charge in [0.1, 0.15) is 0 Å². The first-order valence-electron chi connectivity index (χ1n) is 4.39. The SMILES string of the molecule is Cc1cc(C)c(C)c(C(F)(F)F)c1C. The van der Waals surface area contributed by atoms with E-state index in [1.165, 1.54) is 13.8 Å². The van der Waals surface area contributed by atoms with Gasteiger partial charge in [0.05, 0.1) is 5.56 Å². The fourth-order valence-electron chi connectivity index (χ4n) is 1.64. The molecule has 0 spiro atoms. The average Bonchev–Trinajstić information content (AvgIpc) is 1.98. The zero-order chi connectivity index (χ0) is 11.1. The zero-order valence-corrected chi connectivity index (χ0v) is 8.71. The number of hydrogen-bond acceptors (Lipinski definition) is 0. The molecule has 0 saturated heterocycles. The maximum atomic E-state index is 12.7. The second-order valence-corrected chi connectivity index (χ2v) is 3.63. The lowest BCUT2D eigenvalue weighted by molar-refractivity contribution is -0.138. The summed E-state index contributed by atoms with van der Waals surface area (Å²) in [5, 5.41) is 0. The molecule has 0 aliphatic carbocycles. The fraction of sp³-hybridized carbons (Fsp3) is 0.455. The van der Waals surface area contributed by atoms with Gasteiger partial charge >= 0.3 is 6.18 Å². The van der Waals surface area contributed by atoms with Crippen LogP contribution < -0.4 is 0 Å². The molecule has 0 aromatic heterocycles. The van der Waals surface area contributed by atoms with Crippen molar-refractivity contribution >= 4 is 0 Å². The fourth-order valence-corrected chi connectivity index (χ4v) is 1.64. The van der Waals surface area contributed by atoms with Crippen LogP contribution in [0.25, 0.3) is 0 Å². The maximum absolute atomic E-state index is 12.7. The molecule has 1 rings (SSSR count). The predicted octanol–water partition coefficient (Wildman–Crippen LogP) is 3.94. The molecule has 78 valence electrons. The molecule has 0 N–H and O–H groups in total. The third-order valence-corrected chi connectivity index (χ3v) is 2.65. The predicted molar refractivity (Wildman–Crippen MR) is 50.4 cm³/mol. The van der Waals surface area contributed by atoms with Gasteiger partial charge in [0, 0.05) is 0 Å². The van der Waals surface area contributed by atoms with Crippen LogP contribution in [0.15, 0.2) is 6.07 Å². The van der Waals surface area contributed by atoms with E-state index in [0.717, 1.165) is 0 Å². The molecule has 0 amide bonds. The van der Waals surface area contributed by atoms with Crippen molar-refractivity contribution < 1.29 is 13.2 Å². The second-order valence-electron chi connectivity index (χ2n) is 3.63. The van der Waals surface area contributed by atoms with Crippen molar-refractivity contribution in [2.45, 2.75) is 33.9 Å². The number of halogens is 3. The molecular formula is C11H13F3. The van der Waals surface area contributed by atoms with E-state index in [1.807, 2.05) is 0 Å². The molecule has 0 aliphatic rings. The average molecular weight is 202 g/mol. The van der Waals surface area contributed by atoms with Crippen LogP contribution >= 0.6 is 0 Å². The first kappa shape index (κ1) is 11.1. The Morgan fingerprint density at radius 1 is 0.857 bits per heavy atom. The number of alkyl halides is 3. The van der Waals surface area contributed by atoms with Crippen LogP contribution in [-0.4, -0.2) is 0 Å². The molecule has 0 aliphatic heterocycles. The van der Waals surface area contributed by atoms with Crippen LogP contribution in [-0.2, 0) is 6.18 Å². The topological polar surface area (TPSA) is 0 Å². The quantitative estimate of drug-likeness (QED) is 0.597. The van der Waals surface area contributed by atoms with Crippen LogP contribution in [0.2, 0.25) is 0 Å². The van der Waals surface area contributed by atoms with E-state index < -0.39 is 11.7 Å². The summed E-state index contributed by atoms with van der Waals surface area (Å²) in [6.07, 6.45) is -4.25. The molecule has 1 aromatic carbocycles. The summed E-state index contributed by atoms with van der Waals surface area (Å²) in [5.41, 5.74) is 1.58. The van der Waals surface area contributed by atoms with Gasteiger partial charge in [-0.1, -0.05) is 6.07 Å². The second kappa shape index (κ2) is 3.30. The summed E-state index contributed by atoms with van der Waals surface area (Å²) in [6, 6.07) is 1.79. The summed E-state index contributed by atoms with van der Waals surface area (Å²) in [4.78, 5) is 0. The molecule has 0 fully saturated rings. The molecular weight excluding hydrogens is 189 g/mol. The van der Waals surface area contributed by atoms with Crippen molar-refractivity contribution in [1.29, 1.82) is 0 Å². The monoisotopic (exact) mass is 202 g/mol. The first-order valence-corrected chi connectivity index (χ1v) is 4.39. The van der Waals surface area contributed by atoms with Gasteiger partial charge in [-0.3, -0.25) is 0 Å². The van der Waals surface area contributed by atoms with Crippen LogP contribution in [0.4, 0.5) is 13.2 Å². The van der Waals surface area contributed by atoms with Crippen molar-refractivity contribution in [1.82, 2.24) is 0 Å². The van der Waals surface area contributed by atoms with E-state index >= 15 is 0 Å². The van der Waals surface area contributed by atoms with Crippen LogP contribution in [0.3, 0.4) is 0 Å². The van der Waals surface area contributed by atoms with Crippen molar-refractivity contribution in [2.75, 3.05) is 0 Å². The highest BCUT2D eigenvalue weighted by atomic mass is 19.4. The van der Waals surface area contributed by atoms with Gasteiger partial charge in [-0.05, 0) is 49.9 Å². The van der Waals surface area contributed by atoms with E-state index in [9.17, 15) is 13.2 Å². The Hall–Kier alpha value is -0.990. The zero-order valence-electron chi connectivity index (χ0n) is 8.71. The van der Waals surface area contributed by atoms with E-state index in [2.05, 4.69) is 0 Å². The van der Waals surface area contributed by atoms with Crippen molar-refractivity contribution in [3.05, 3.63) is 33.9 Å². The number of aryl methyl sites for hydroxylation is 2. The maximum Gasteiger partial charge on any atom is 0.416 e. The van der Waals surface area contributed by atoms with Crippen LogP contribution in [0, 0.1) is 27.7 Å². The Morgan fingerprint density at radius 3 is 1.50 bits per heavy atom. The molecule has 0 unspecified atom stereocenters. The molecule has 0 saturated carbocycles. The molecule has 0 atom stereocenters. The number of rotatable bonds is 0. The largest absolute Gasteiger partial charge is 0.416 e. The Morgan fingerprint density at radius 2 is 1.21 bits per heavy atom. The Kier molecular flexibility index (Phi) is 2.61. The highest BCUT2D eigenvalue weighted by molar-refractivity contribution is 5.45. The lowest BCUT2D eigenvalue weighted by atomic mass is 9.94.